The van der Waals surface area contributed by atoms with E-state index in [1.807, 2.05) is 6.92 Å². The number of rotatable bonds is 5. The van der Waals surface area contributed by atoms with Crippen molar-refractivity contribution in [3.8, 4) is 0 Å². The first kappa shape index (κ1) is 12.2. The van der Waals surface area contributed by atoms with E-state index in [1.54, 1.807) is 18.3 Å². The van der Waals surface area contributed by atoms with Crippen LogP contribution in [0.4, 0.5) is 0 Å². The Kier molecular flexibility index (Phi) is 4.01. The van der Waals surface area contributed by atoms with E-state index >= 15 is 0 Å². The molecule has 0 aliphatic carbocycles. The van der Waals surface area contributed by atoms with Gasteiger partial charge < -0.3 is 9.84 Å². The fourth-order valence-electron chi connectivity index (χ4n) is 1.44. The van der Waals surface area contributed by atoms with Crippen molar-refractivity contribution < 1.29 is 9.32 Å². The van der Waals surface area contributed by atoms with Crippen LogP contribution in [0.5, 0.6) is 0 Å². The second-order valence-corrected chi connectivity index (χ2v) is 3.78. The van der Waals surface area contributed by atoms with Gasteiger partial charge in [-0.25, -0.2) is 0 Å². The summed E-state index contributed by atoms with van der Waals surface area (Å²) in [5.41, 5.74) is 0.509. The number of hydrogen-bond acceptors (Lipinski definition) is 5. The van der Waals surface area contributed by atoms with Gasteiger partial charge in [0, 0.05) is 18.8 Å². The molecule has 2 aromatic rings. The summed E-state index contributed by atoms with van der Waals surface area (Å²) in [5.74, 6) is 0.878. The van der Waals surface area contributed by atoms with Crippen LogP contribution in [0.2, 0.25) is 0 Å². The van der Waals surface area contributed by atoms with Gasteiger partial charge in [-0.2, -0.15) is 4.98 Å². The molecule has 0 aliphatic rings. The maximum atomic E-state index is 11.7. The molecule has 94 valence electrons. The molecule has 1 N–H and O–H groups in total. The van der Waals surface area contributed by atoms with Crippen LogP contribution < -0.4 is 5.32 Å². The van der Waals surface area contributed by atoms with Crippen LogP contribution in [0.1, 0.15) is 35.4 Å². The standard InChI is InChI=1S/C12H14N4O2/c1-2-4-11-15-10(16-18-11)8-14-12(17)9-5-3-6-13-7-9/h3,5-7H,2,4,8H2,1H3,(H,14,17). The maximum absolute atomic E-state index is 11.7. The van der Waals surface area contributed by atoms with Gasteiger partial charge >= 0.3 is 0 Å². The molecular weight excluding hydrogens is 232 g/mol. The number of amides is 1. The van der Waals surface area contributed by atoms with Gasteiger partial charge in [-0.3, -0.25) is 9.78 Å². The van der Waals surface area contributed by atoms with E-state index in [9.17, 15) is 4.79 Å². The van der Waals surface area contributed by atoms with Gasteiger partial charge in [0.2, 0.25) is 5.89 Å². The van der Waals surface area contributed by atoms with Crippen LogP contribution in [-0.2, 0) is 13.0 Å². The summed E-state index contributed by atoms with van der Waals surface area (Å²) in [6.07, 6.45) is 4.83. The van der Waals surface area contributed by atoms with Crippen molar-refractivity contribution in [3.63, 3.8) is 0 Å². The fraction of sp³-hybridized carbons (Fsp3) is 0.333. The van der Waals surface area contributed by atoms with Crippen LogP contribution in [0.25, 0.3) is 0 Å². The predicted molar refractivity (Wildman–Crippen MR) is 63.7 cm³/mol. The summed E-state index contributed by atoms with van der Waals surface area (Å²) in [7, 11) is 0. The minimum absolute atomic E-state index is 0.204. The largest absolute Gasteiger partial charge is 0.345 e. The second kappa shape index (κ2) is 5.90. The number of aromatic nitrogens is 3. The normalized spacial score (nSPS) is 10.3. The highest BCUT2D eigenvalue weighted by molar-refractivity contribution is 5.93. The molecule has 0 aromatic carbocycles. The summed E-state index contributed by atoms with van der Waals surface area (Å²) < 4.78 is 5.02. The summed E-state index contributed by atoms with van der Waals surface area (Å²) in [4.78, 5) is 19.7. The third kappa shape index (κ3) is 3.13. The van der Waals surface area contributed by atoms with E-state index in [2.05, 4.69) is 20.4 Å². The first-order valence-electron chi connectivity index (χ1n) is 5.79. The molecule has 2 rings (SSSR count). The van der Waals surface area contributed by atoms with Crippen LogP contribution in [0.3, 0.4) is 0 Å². The molecule has 0 atom stereocenters. The predicted octanol–water partition coefficient (Wildman–Crippen LogP) is 1.35. The first-order chi connectivity index (χ1) is 8.79. The van der Waals surface area contributed by atoms with E-state index in [-0.39, 0.29) is 12.5 Å². The monoisotopic (exact) mass is 246 g/mol. The van der Waals surface area contributed by atoms with E-state index in [4.69, 9.17) is 4.52 Å². The smallest absolute Gasteiger partial charge is 0.253 e. The van der Waals surface area contributed by atoms with E-state index in [1.165, 1.54) is 6.20 Å². The molecular formula is C12H14N4O2. The molecule has 0 fully saturated rings. The van der Waals surface area contributed by atoms with Crippen LogP contribution in [0.15, 0.2) is 29.0 Å². The molecule has 2 heterocycles. The Labute approximate surface area is 104 Å². The van der Waals surface area contributed by atoms with Crippen LogP contribution >= 0.6 is 0 Å². The molecule has 0 saturated heterocycles. The Morgan fingerprint density at radius 1 is 1.50 bits per heavy atom. The number of nitrogens with zero attached hydrogens (tertiary/aromatic N) is 3. The number of nitrogens with one attached hydrogen (secondary N) is 1. The van der Waals surface area contributed by atoms with Crippen LogP contribution in [-0.4, -0.2) is 21.0 Å². The lowest BCUT2D eigenvalue weighted by Crippen LogP contribution is -2.23. The Balaban J connectivity index is 1.89. The molecule has 6 heteroatoms. The van der Waals surface area contributed by atoms with Crippen molar-refractivity contribution in [2.24, 2.45) is 0 Å². The molecule has 2 aromatic heterocycles. The van der Waals surface area contributed by atoms with Crippen molar-refractivity contribution in [3.05, 3.63) is 41.8 Å². The highest BCUT2D eigenvalue weighted by Crippen LogP contribution is 2.01. The number of hydrogen-bond donors (Lipinski definition) is 1. The summed E-state index contributed by atoms with van der Waals surface area (Å²) in [6.45, 7) is 2.29. The molecule has 0 unspecified atom stereocenters. The Morgan fingerprint density at radius 2 is 2.39 bits per heavy atom. The second-order valence-electron chi connectivity index (χ2n) is 3.78. The Hall–Kier alpha value is -2.24. The Bertz CT molecular complexity index is 510. The lowest BCUT2D eigenvalue weighted by molar-refractivity contribution is 0.0949. The SMILES string of the molecule is CCCc1nc(CNC(=O)c2cccnc2)no1. The third-order valence-corrected chi connectivity index (χ3v) is 2.30. The van der Waals surface area contributed by atoms with Gasteiger partial charge in [-0.1, -0.05) is 12.1 Å². The van der Waals surface area contributed by atoms with Crippen LogP contribution in [0, 0.1) is 0 Å². The van der Waals surface area contributed by atoms with Crippen molar-refractivity contribution in [2.45, 2.75) is 26.3 Å². The number of aryl methyl sites for hydroxylation is 1. The molecule has 0 aliphatic heterocycles. The van der Waals surface area contributed by atoms with Gasteiger partial charge in [0.25, 0.3) is 5.91 Å². The summed E-state index contributed by atoms with van der Waals surface area (Å²) in [6, 6.07) is 3.41. The third-order valence-electron chi connectivity index (χ3n) is 2.30. The van der Waals surface area contributed by atoms with Crippen molar-refractivity contribution in [2.75, 3.05) is 0 Å². The minimum atomic E-state index is -0.204. The summed E-state index contributed by atoms with van der Waals surface area (Å²) in [5, 5.41) is 6.49. The average Bonchev–Trinajstić information content (AvgIpc) is 2.85. The van der Waals surface area contributed by atoms with Gasteiger partial charge in [0.1, 0.15) is 0 Å². The number of carbonyl (C=O) groups is 1. The van der Waals surface area contributed by atoms with E-state index in [0.29, 0.717) is 17.3 Å². The molecule has 18 heavy (non-hydrogen) atoms. The lowest BCUT2D eigenvalue weighted by Gasteiger charge is -2.00. The van der Waals surface area contributed by atoms with Crippen molar-refractivity contribution in [1.82, 2.24) is 20.4 Å². The molecule has 6 nitrogen and oxygen atoms in total. The van der Waals surface area contributed by atoms with E-state index < -0.39 is 0 Å². The van der Waals surface area contributed by atoms with Gasteiger partial charge in [0.05, 0.1) is 12.1 Å². The molecule has 0 bridgehead atoms. The van der Waals surface area contributed by atoms with Crippen molar-refractivity contribution >= 4 is 5.91 Å². The molecule has 1 amide bonds. The average molecular weight is 246 g/mol. The number of pyridine rings is 1. The van der Waals surface area contributed by atoms with Gasteiger partial charge in [-0.05, 0) is 18.6 Å². The zero-order chi connectivity index (χ0) is 12.8. The maximum Gasteiger partial charge on any atom is 0.253 e. The zero-order valence-corrected chi connectivity index (χ0v) is 10.1. The highest BCUT2D eigenvalue weighted by atomic mass is 16.5. The van der Waals surface area contributed by atoms with Gasteiger partial charge in [-0.15, -0.1) is 0 Å². The Morgan fingerprint density at radius 3 is 3.11 bits per heavy atom. The van der Waals surface area contributed by atoms with E-state index in [0.717, 1.165) is 12.8 Å². The molecule has 0 saturated carbocycles. The fourth-order valence-corrected chi connectivity index (χ4v) is 1.44. The first-order valence-corrected chi connectivity index (χ1v) is 5.79. The minimum Gasteiger partial charge on any atom is -0.345 e. The highest BCUT2D eigenvalue weighted by Gasteiger charge is 2.08. The summed E-state index contributed by atoms with van der Waals surface area (Å²) >= 11 is 0. The topological polar surface area (TPSA) is 80.9 Å². The zero-order valence-electron chi connectivity index (χ0n) is 10.1. The number of carbonyl (C=O) groups excluding carboxylic acids is 1. The molecule has 0 spiro atoms. The molecule has 0 radical (unpaired) electrons. The van der Waals surface area contributed by atoms with Gasteiger partial charge in [0.15, 0.2) is 5.82 Å². The quantitative estimate of drug-likeness (QED) is 0.861. The lowest BCUT2D eigenvalue weighted by atomic mass is 10.3. The van der Waals surface area contributed by atoms with Crippen molar-refractivity contribution in [1.29, 1.82) is 0 Å².